The number of carbonyl (C=O) groups is 1. The number of aromatic amines is 1. The van der Waals surface area contributed by atoms with E-state index in [0.717, 1.165) is 22.2 Å². The zero-order valence-electron chi connectivity index (χ0n) is 11.6. The topological polar surface area (TPSA) is 56.3 Å². The molecule has 0 aliphatic rings. The van der Waals surface area contributed by atoms with E-state index in [-0.39, 0.29) is 5.91 Å². The van der Waals surface area contributed by atoms with Gasteiger partial charge in [0, 0.05) is 30.2 Å². The Morgan fingerprint density at radius 3 is 2.79 bits per heavy atom. The van der Waals surface area contributed by atoms with Crippen LogP contribution in [0, 0.1) is 6.92 Å². The Balaban J connectivity index is 2.21. The summed E-state index contributed by atoms with van der Waals surface area (Å²) in [5.41, 5.74) is 3.12. The van der Waals surface area contributed by atoms with Crippen molar-refractivity contribution in [2.24, 2.45) is 0 Å². The molecule has 0 spiro atoms. The molecule has 19 heavy (non-hydrogen) atoms. The predicted octanol–water partition coefficient (Wildman–Crippen LogP) is 1.86. The summed E-state index contributed by atoms with van der Waals surface area (Å²) in [5.74, 6) is 0.0220. The third kappa shape index (κ3) is 2.96. The lowest BCUT2D eigenvalue weighted by atomic mass is 10.1. The van der Waals surface area contributed by atoms with Crippen molar-refractivity contribution in [1.82, 2.24) is 9.88 Å². The van der Waals surface area contributed by atoms with Gasteiger partial charge in [0.1, 0.15) is 0 Å². The number of rotatable bonds is 4. The number of carbonyl (C=O) groups excluding carboxylic acids is 1. The highest BCUT2D eigenvalue weighted by Gasteiger charge is 2.16. The predicted molar refractivity (Wildman–Crippen MR) is 76.1 cm³/mol. The fraction of sp³-hybridized carbons (Fsp3) is 0.400. The number of aliphatic hydroxyl groups is 1. The number of hydrogen-bond donors (Lipinski definition) is 2. The van der Waals surface area contributed by atoms with Crippen molar-refractivity contribution in [2.45, 2.75) is 26.4 Å². The van der Waals surface area contributed by atoms with Crippen LogP contribution in [0.15, 0.2) is 24.3 Å². The van der Waals surface area contributed by atoms with Crippen molar-refractivity contribution < 1.29 is 9.90 Å². The van der Waals surface area contributed by atoms with Crippen molar-refractivity contribution in [3.63, 3.8) is 0 Å². The lowest BCUT2D eigenvalue weighted by Gasteiger charge is -2.18. The number of aromatic nitrogens is 1. The monoisotopic (exact) mass is 260 g/mol. The molecule has 2 rings (SSSR count). The number of para-hydroxylation sites is 1. The Morgan fingerprint density at radius 2 is 2.11 bits per heavy atom. The second-order valence-electron chi connectivity index (χ2n) is 5.07. The van der Waals surface area contributed by atoms with Gasteiger partial charge in [0.05, 0.1) is 12.5 Å². The van der Waals surface area contributed by atoms with Crippen LogP contribution in [0.2, 0.25) is 0 Å². The van der Waals surface area contributed by atoms with Gasteiger partial charge in [-0.25, -0.2) is 0 Å². The maximum atomic E-state index is 12.1. The van der Waals surface area contributed by atoms with E-state index in [4.69, 9.17) is 0 Å². The molecule has 0 radical (unpaired) electrons. The highest BCUT2D eigenvalue weighted by atomic mass is 16.3. The van der Waals surface area contributed by atoms with Crippen molar-refractivity contribution in [3.05, 3.63) is 35.5 Å². The Morgan fingerprint density at radius 1 is 1.42 bits per heavy atom. The van der Waals surface area contributed by atoms with Gasteiger partial charge in [-0.05, 0) is 25.5 Å². The lowest BCUT2D eigenvalue weighted by Crippen LogP contribution is -2.34. The molecule has 1 heterocycles. The average Bonchev–Trinajstić information content (AvgIpc) is 2.65. The molecule has 0 aliphatic heterocycles. The fourth-order valence-corrected chi connectivity index (χ4v) is 2.35. The molecule has 1 aromatic heterocycles. The second-order valence-corrected chi connectivity index (χ2v) is 5.07. The zero-order valence-corrected chi connectivity index (χ0v) is 11.6. The maximum Gasteiger partial charge on any atom is 0.226 e. The molecule has 1 aromatic carbocycles. The lowest BCUT2D eigenvalue weighted by molar-refractivity contribution is -0.130. The summed E-state index contributed by atoms with van der Waals surface area (Å²) in [7, 11) is 1.72. The molecule has 1 atom stereocenters. The van der Waals surface area contributed by atoms with E-state index < -0.39 is 6.10 Å². The van der Waals surface area contributed by atoms with E-state index in [0.29, 0.717) is 13.0 Å². The van der Waals surface area contributed by atoms with Crippen LogP contribution in [-0.2, 0) is 11.2 Å². The first-order valence-electron chi connectivity index (χ1n) is 6.47. The van der Waals surface area contributed by atoms with Gasteiger partial charge >= 0.3 is 0 Å². The summed E-state index contributed by atoms with van der Waals surface area (Å²) in [4.78, 5) is 17.0. The van der Waals surface area contributed by atoms with Crippen LogP contribution < -0.4 is 0 Å². The normalized spacial score (nSPS) is 12.6. The van der Waals surface area contributed by atoms with Crippen LogP contribution in [0.5, 0.6) is 0 Å². The van der Waals surface area contributed by atoms with Gasteiger partial charge in [-0.2, -0.15) is 0 Å². The van der Waals surface area contributed by atoms with E-state index in [1.165, 1.54) is 0 Å². The molecule has 4 heteroatoms. The average molecular weight is 260 g/mol. The van der Waals surface area contributed by atoms with E-state index in [9.17, 15) is 9.90 Å². The Hall–Kier alpha value is -1.81. The van der Waals surface area contributed by atoms with Crippen LogP contribution in [0.25, 0.3) is 10.9 Å². The number of benzene rings is 1. The van der Waals surface area contributed by atoms with Gasteiger partial charge in [0.15, 0.2) is 0 Å². The summed E-state index contributed by atoms with van der Waals surface area (Å²) in [6.07, 6.45) is -0.142. The highest BCUT2D eigenvalue weighted by Crippen LogP contribution is 2.22. The quantitative estimate of drug-likeness (QED) is 0.881. The fourth-order valence-electron chi connectivity index (χ4n) is 2.35. The molecule has 0 saturated heterocycles. The van der Waals surface area contributed by atoms with Crippen LogP contribution >= 0.6 is 0 Å². The van der Waals surface area contributed by atoms with Crippen molar-refractivity contribution in [1.29, 1.82) is 0 Å². The third-order valence-corrected chi connectivity index (χ3v) is 3.32. The van der Waals surface area contributed by atoms with Gasteiger partial charge in [0.25, 0.3) is 0 Å². The smallest absolute Gasteiger partial charge is 0.226 e. The minimum absolute atomic E-state index is 0.0220. The Bertz CT molecular complexity index is 587. The number of aliphatic hydroxyl groups excluding tert-OH is 1. The number of fused-ring (bicyclic) bond motifs is 1. The molecule has 4 nitrogen and oxygen atoms in total. The summed E-state index contributed by atoms with van der Waals surface area (Å²) >= 11 is 0. The largest absolute Gasteiger partial charge is 0.392 e. The van der Waals surface area contributed by atoms with Crippen LogP contribution in [0.4, 0.5) is 0 Å². The number of nitrogens with zero attached hydrogens (tertiary/aromatic N) is 1. The summed E-state index contributed by atoms with van der Waals surface area (Å²) in [6.45, 7) is 4.03. The molecule has 2 N–H and O–H groups in total. The van der Waals surface area contributed by atoms with Crippen molar-refractivity contribution in [2.75, 3.05) is 13.6 Å². The maximum absolute atomic E-state index is 12.1. The Labute approximate surface area is 113 Å². The molecular formula is C15H20N2O2. The number of amides is 1. The van der Waals surface area contributed by atoms with Crippen LogP contribution in [0.3, 0.4) is 0 Å². The minimum atomic E-state index is -0.502. The van der Waals surface area contributed by atoms with Gasteiger partial charge in [-0.3, -0.25) is 4.79 Å². The molecule has 102 valence electrons. The van der Waals surface area contributed by atoms with Crippen LogP contribution in [0.1, 0.15) is 18.2 Å². The first-order chi connectivity index (χ1) is 8.99. The van der Waals surface area contributed by atoms with Gasteiger partial charge in [-0.1, -0.05) is 18.2 Å². The van der Waals surface area contributed by atoms with Crippen molar-refractivity contribution >= 4 is 16.8 Å². The molecule has 2 aromatic rings. The third-order valence-electron chi connectivity index (χ3n) is 3.32. The molecule has 1 amide bonds. The molecule has 0 fully saturated rings. The van der Waals surface area contributed by atoms with E-state index in [1.807, 2.05) is 31.2 Å². The molecule has 0 saturated carbocycles. The summed E-state index contributed by atoms with van der Waals surface area (Å²) in [6, 6.07) is 7.98. The first-order valence-corrected chi connectivity index (χ1v) is 6.47. The van der Waals surface area contributed by atoms with E-state index in [1.54, 1.807) is 18.9 Å². The molecular weight excluding hydrogens is 240 g/mol. The Kier molecular flexibility index (Phi) is 3.90. The number of aryl methyl sites for hydroxylation is 1. The molecule has 1 unspecified atom stereocenters. The summed E-state index contributed by atoms with van der Waals surface area (Å²) < 4.78 is 0. The number of nitrogens with one attached hydrogen (secondary N) is 1. The highest BCUT2D eigenvalue weighted by molar-refractivity contribution is 5.90. The number of likely N-dealkylation sites (N-methyl/N-ethyl adjacent to an activating group) is 1. The molecule has 0 bridgehead atoms. The first kappa shape index (κ1) is 13.6. The summed E-state index contributed by atoms with van der Waals surface area (Å²) in [5, 5.41) is 10.4. The number of hydrogen-bond acceptors (Lipinski definition) is 2. The standard InChI is InChI=1S/C15H20N2O2/c1-10(18)9-17(3)15(19)8-13-11(2)16-14-7-5-4-6-12(13)14/h4-7,10,16,18H,8-9H2,1-3H3. The van der Waals surface area contributed by atoms with E-state index >= 15 is 0 Å². The second kappa shape index (κ2) is 5.45. The van der Waals surface area contributed by atoms with Crippen molar-refractivity contribution in [3.8, 4) is 0 Å². The zero-order chi connectivity index (χ0) is 14.0. The van der Waals surface area contributed by atoms with Gasteiger partial charge < -0.3 is 15.0 Å². The SMILES string of the molecule is Cc1[nH]c2ccccc2c1CC(=O)N(C)CC(C)O. The molecule has 0 aliphatic carbocycles. The van der Waals surface area contributed by atoms with Gasteiger partial charge in [0.2, 0.25) is 5.91 Å². The van der Waals surface area contributed by atoms with Crippen LogP contribution in [-0.4, -0.2) is 40.6 Å². The number of H-pyrrole nitrogens is 1. The van der Waals surface area contributed by atoms with Gasteiger partial charge in [-0.15, -0.1) is 0 Å². The van der Waals surface area contributed by atoms with E-state index in [2.05, 4.69) is 4.98 Å². The minimum Gasteiger partial charge on any atom is -0.392 e.